The van der Waals surface area contributed by atoms with Crippen molar-refractivity contribution in [2.75, 3.05) is 7.11 Å². The standard InChI is InChI=1S/C7H7NO4/c1-11-6(10)4-5(9)7-8-2-3-12-7/h2-3H,4H2,1H3. The first-order valence-electron chi connectivity index (χ1n) is 3.23. The number of ether oxygens (including phenoxy) is 1. The molecule has 5 heteroatoms. The van der Waals surface area contributed by atoms with Crippen molar-refractivity contribution in [1.29, 1.82) is 0 Å². The molecule has 64 valence electrons. The van der Waals surface area contributed by atoms with Crippen LogP contribution in [0.15, 0.2) is 16.9 Å². The molecule has 0 atom stereocenters. The van der Waals surface area contributed by atoms with Crippen molar-refractivity contribution < 1.29 is 18.7 Å². The van der Waals surface area contributed by atoms with Gasteiger partial charge in [-0.15, -0.1) is 0 Å². The number of rotatable bonds is 3. The fraction of sp³-hybridized carbons (Fsp3) is 0.286. The van der Waals surface area contributed by atoms with Crippen LogP contribution in [0.1, 0.15) is 17.1 Å². The van der Waals surface area contributed by atoms with E-state index in [2.05, 4.69) is 14.1 Å². The summed E-state index contributed by atoms with van der Waals surface area (Å²) in [5, 5.41) is 0. The Bertz CT molecular complexity index is 278. The number of esters is 1. The third-order valence-electron chi connectivity index (χ3n) is 1.20. The summed E-state index contributed by atoms with van der Waals surface area (Å²) >= 11 is 0. The lowest BCUT2D eigenvalue weighted by Gasteiger charge is -1.93. The molecule has 0 aromatic carbocycles. The molecule has 0 saturated carbocycles. The third kappa shape index (κ3) is 1.91. The van der Waals surface area contributed by atoms with Gasteiger partial charge in [0.25, 0.3) is 5.89 Å². The summed E-state index contributed by atoms with van der Waals surface area (Å²) in [5.74, 6) is -1.15. The van der Waals surface area contributed by atoms with E-state index in [-0.39, 0.29) is 12.3 Å². The maximum absolute atomic E-state index is 11.0. The first-order chi connectivity index (χ1) is 5.74. The van der Waals surface area contributed by atoms with E-state index < -0.39 is 11.8 Å². The first kappa shape index (κ1) is 8.45. The van der Waals surface area contributed by atoms with Gasteiger partial charge >= 0.3 is 5.97 Å². The molecule has 0 amide bonds. The lowest BCUT2D eigenvalue weighted by molar-refractivity contribution is -0.139. The van der Waals surface area contributed by atoms with E-state index in [1.807, 2.05) is 0 Å². The molecule has 0 fully saturated rings. The number of carbonyl (C=O) groups excluding carboxylic acids is 2. The van der Waals surface area contributed by atoms with Crippen LogP contribution in [-0.4, -0.2) is 23.8 Å². The van der Waals surface area contributed by atoms with Gasteiger partial charge in [0, 0.05) is 0 Å². The Morgan fingerprint density at radius 1 is 1.67 bits per heavy atom. The molecular weight excluding hydrogens is 162 g/mol. The number of aromatic nitrogens is 1. The van der Waals surface area contributed by atoms with Crippen LogP contribution < -0.4 is 0 Å². The maximum atomic E-state index is 11.0. The van der Waals surface area contributed by atoms with Crippen molar-refractivity contribution in [3.63, 3.8) is 0 Å². The second kappa shape index (κ2) is 3.66. The number of Topliss-reactive ketones (excluding diaryl/α,β-unsaturated/α-hetero) is 1. The molecule has 5 nitrogen and oxygen atoms in total. The summed E-state index contributed by atoms with van der Waals surface area (Å²) in [6, 6.07) is 0. The van der Waals surface area contributed by atoms with E-state index in [1.165, 1.54) is 19.6 Å². The van der Waals surface area contributed by atoms with Crippen molar-refractivity contribution in [2.24, 2.45) is 0 Å². The minimum Gasteiger partial charge on any atom is -0.469 e. The maximum Gasteiger partial charge on any atom is 0.313 e. The van der Waals surface area contributed by atoms with Crippen LogP contribution in [0.25, 0.3) is 0 Å². The molecule has 1 aromatic rings. The van der Waals surface area contributed by atoms with Gasteiger partial charge in [-0.1, -0.05) is 0 Å². The molecular formula is C7H7NO4. The summed E-state index contributed by atoms with van der Waals surface area (Å²) in [6.45, 7) is 0. The molecule has 0 N–H and O–H groups in total. The summed E-state index contributed by atoms with van der Waals surface area (Å²) < 4.78 is 8.96. The van der Waals surface area contributed by atoms with E-state index in [9.17, 15) is 9.59 Å². The molecule has 1 aromatic heterocycles. The molecule has 0 bridgehead atoms. The zero-order chi connectivity index (χ0) is 8.97. The van der Waals surface area contributed by atoms with Crippen LogP contribution in [0.3, 0.4) is 0 Å². The van der Waals surface area contributed by atoms with Crippen LogP contribution in [-0.2, 0) is 9.53 Å². The van der Waals surface area contributed by atoms with Crippen LogP contribution in [0.2, 0.25) is 0 Å². The van der Waals surface area contributed by atoms with Crippen molar-refractivity contribution in [2.45, 2.75) is 6.42 Å². The second-order valence-electron chi connectivity index (χ2n) is 2.01. The van der Waals surface area contributed by atoms with Gasteiger partial charge in [0.05, 0.1) is 13.3 Å². The molecule has 0 aliphatic heterocycles. The van der Waals surface area contributed by atoms with Crippen LogP contribution in [0, 0.1) is 0 Å². The van der Waals surface area contributed by atoms with E-state index in [1.54, 1.807) is 0 Å². The molecule has 1 heterocycles. The number of hydrogen-bond acceptors (Lipinski definition) is 5. The average Bonchev–Trinajstić information content (AvgIpc) is 2.56. The summed E-state index contributed by atoms with van der Waals surface area (Å²) in [4.78, 5) is 25.2. The lowest BCUT2D eigenvalue weighted by Crippen LogP contribution is -2.09. The van der Waals surface area contributed by atoms with Crippen molar-refractivity contribution in [3.8, 4) is 0 Å². The summed E-state index contributed by atoms with van der Waals surface area (Å²) in [6.07, 6.45) is 2.27. The quantitative estimate of drug-likeness (QED) is 0.372. The van der Waals surface area contributed by atoms with Crippen molar-refractivity contribution >= 4 is 11.8 Å². The van der Waals surface area contributed by atoms with Gasteiger partial charge in [0.1, 0.15) is 12.7 Å². The number of ketones is 1. The molecule has 0 saturated heterocycles. The molecule has 0 aliphatic carbocycles. The van der Waals surface area contributed by atoms with E-state index >= 15 is 0 Å². The highest BCUT2D eigenvalue weighted by atomic mass is 16.5. The predicted molar refractivity (Wildman–Crippen MR) is 37.5 cm³/mol. The normalized spacial score (nSPS) is 9.42. The van der Waals surface area contributed by atoms with Gasteiger partial charge in [-0.3, -0.25) is 9.59 Å². The summed E-state index contributed by atoms with van der Waals surface area (Å²) in [7, 11) is 1.21. The topological polar surface area (TPSA) is 69.4 Å². The zero-order valence-electron chi connectivity index (χ0n) is 6.44. The van der Waals surface area contributed by atoms with Crippen LogP contribution >= 0.6 is 0 Å². The molecule has 0 unspecified atom stereocenters. The second-order valence-corrected chi connectivity index (χ2v) is 2.01. The smallest absolute Gasteiger partial charge is 0.313 e. The van der Waals surface area contributed by atoms with E-state index in [0.717, 1.165) is 0 Å². The number of carbonyl (C=O) groups is 2. The van der Waals surface area contributed by atoms with Crippen LogP contribution in [0.5, 0.6) is 0 Å². The SMILES string of the molecule is COC(=O)CC(=O)c1ncco1. The Morgan fingerprint density at radius 3 is 2.92 bits per heavy atom. The Labute approximate surface area is 68.3 Å². The molecule has 0 radical (unpaired) electrons. The van der Waals surface area contributed by atoms with Gasteiger partial charge in [0.15, 0.2) is 0 Å². The third-order valence-corrected chi connectivity index (χ3v) is 1.20. The number of oxazole rings is 1. The highest BCUT2D eigenvalue weighted by Gasteiger charge is 2.15. The molecule has 1 rings (SSSR count). The summed E-state index contributed by atoms with van der Waals surface area (Å²) in [5.41, 5.74) is 0. The minimum atomic E-state index is -0.599. The minimum absolute atomic E-state index is 0.0691. The Morgan fingerprint density at radius 2 is 2.42 bits per heavy atom. The van der Waals surface area contributed by atoms with Crippen molar-refractivity contribution in [3.05, 3.63) is 18.4 Å². The largest absolute Gasteiger partial charge is 0.469 e. The highest BCUT2D eigenvalue weighted by Crippen LogP contribution is 2.00. The number of hydrogen-bond donors (Lipinski definition) is 0. The van der Waals surface area contributed by atoms with Gasteiger partial charge in [0.2, 0.25) is 5.78 Å². The lowest BCUT2D eigenvalue weighted by atomic mass is 10.3. The highest BCUT2D eigenvalue weighted by molar-refractivity contribution is 6.03. The zero-order valence-corrected chi connectivity index (χ0v) is 6.44. The average molecular weight is 169 g/mol. The van der Waals surface area contributed by atoms with Gasteiger partial charge in [-0.05, 0) is 0 Å². The Balaban J connectivity index is 2.56. The fourth-order valence-corrected chi connectivity index (χ4v) is 0.640. The van der Waals surface area contributed by atoms with Crippen LogP contribution in [0.4, 0.5) is 0 Å². The van der Waals surface area contributed by atoms with E-state index in [4.69, 9.17) is 0 Å². The number of nitrogens with zero attached hydrogens (tertiary/aromatic N) is 1. The molecule has 0 spiro atoms. The molecule has 0 aliphatic rings. The molecule has 12 heavy (non-hydrogen) atoms. The fourth-order valence-electron chi connectivity index (χ4n) is 0.640. The van der Waals surface area contributed by atoms with Gasteiger partial charge in [-0.25, -0.2) is 4.98 Å². The van der Waals surface area contributed by atoms with E-state index in [0.29, 0.717) is 0 Å². The monoisotopic (exact) mass is 169 g/mol. The number of methoxy groups -OCH3 is 1. The first-order valence-corrected chi connectivity index (χ1v) is 3.23. The Kier molecular flexibility index (Phi) is 2.57. The van der Waals surface area contributed by atoms with Gasteiger partial charge < -0.3 is 9.15 Å². The van der Waals surface area contributed by atoms with Gasteiger partial charge in [-0.2, -0.15) is 0 Å². The van der Waals surface area contributed by atoms with Crippen molar-refractivity contribution in [1.82, 2.24) is 4.98 Å². The predicted octanol–water partition coefficient (Wildman–Crippen LogP) is 0.420. The Hall–Kier alpha value is -1.65.